The molecule has 0 saturated carbocycles. The molecule has 0 bridgehead atoms. The summed E-state index contributed by atoms with van der Waals surface area (Å²) in [5.74, 6) is -0.606. The van der Waals surface area contributed by atoms with Crippen molar-refractivity contribution in [1.29, 1.82) is 0 Å². The van der Waals surface area contributed by atoms with Crippen molar-refractivity contribution < 1.29 is 17.9 Å². The van der Waals surface area contributed by atoms with Gasteiger partial charge in [0.05, 0.1) is 22.5 Å². The van der Waals surface area contributed by atoms with Gasteiger partial charge in [0.2, 0.25) is 15.7 Å². The summed E-state index contributed by atoms with van der Waals surface area (Å²) in [6.07, 6.45) is 0.0278. The molecule has 1 aromatic heterocycles. The third kappa shape index (κ3) is 4.40. The Hall–Kier alpha value is -2.93. The number of hydrogen-bond acceptors (Lipinski definition) is 5. The van der Waals surface area contributed by atoms with E-state index in [2.05, 4.69) is 5.10 Å². The summed E-state index contributed by atoms with van der Waals surface area (Å²) in [5, 5.41) is 4.39. The number of aryl methyl sites for hydroxylation is 1. The van der Waals surface area contributed by atoms with Crippen LogP contribution >= 0.6 is 0 Å². The molecule has 29 heavy (non-hydrogen) atoms. The van der Waals surface area contributed by atoms with Gasteiger partial charge in [0.25, 0.3) is 0 Å². The van der Waals surface area contributed by atoms with Crippen LogP contribution < -0.4 is 4.74 Å². The van der Waals surface area contributed by atoms with Crippen LogP contribution in [0.1, 0.15) is 32.0 Å². The molecular formula is C22H24N2O4S. The van der Waals surface area contributed by atoms with E-state index in [1.54, 1.807) is 25.1 Å². The minimum absolute atomic E-state index is 0.0278. The van der Waals surface area contributed by atoms with Crippen molar-refractivity contribution >= 4 is 15.8 Å². The molecule has 0 atom stereocenters. The van der Waals surface area contributed by atoms with Crippen LogP contribution in [0.3, 0.4) is 0 Å². The van der Waals surface area contributed by atoms with Crippen LogP contribution in [0.2, 0.25) is 0 Å². The maximum atomic E-state index is 13.3. The van der Waals surface area contributed by atoms with Crippen LogP contribution in [0, 0.1) is 6.92 Å². The highest BCUT2D eigenvalue weighted by molar-refractivity contribution is 7.91. The molecular weight excluding hydrogens is 388 g/mol. The van der Waals surface area contributed by atoms with Gasteiger partial charge < -0.3 is 4.74 Å². The third-order valence-electron chi connectivity index (χ3n) is 4.32. The molecule has 0 unspecified atom stereocenters. The average molecular weight is 413 g/mol. The number of hydrogen-bond donors (Lipinski definition) is 0. The van der Waals surface area contributed by atoms with Crippen molar-refractivity contribution in [3.05, 3.63) is 71.9 Å². The van der Waals surface area contributed by atoms with E-state index < -0.39 is 21.3 Å². The van der Waals surface area contributed by atoms with Crippen molar-refractivity contribution in [1.82, 2.24) is 9.78 Å². The zero-order chi connectivity index (χ0) is 21.2. The Balaban J connectivity index is 2.08. The largest absolute Gasteiger partial charge is 0.406 e. The van der Waals surface area contributed by atoms with E-state index in [0.29, 0.717) is 0 Å². The van der Waals surface area contributed by atoms with Crippen LogP contribution in [0.5, 0.6) is 5.88 Å². The molecule has 0 aliphatic heterocycles. The molecule has 7 heteroatoms. The number of benzene rings is 2. The molecule has 0 N–H and O–H groups in total. The Labute approximate surface area is 171 Å². The molecule has 0 radical (unpaired) electrons. The Morgan fingerprint density at radius 3 is 2.10 bits per heavy atom. The Kier molecular flexibility index (Phi) is 5.61. The zero-order valence-electron chi connectivity index (χ0n) is 16.9. The number of nitrogens with zero attached hydrogens (tertiary/aromatic N) is 2. The predicted molar refractivity (Wildman–Crippen MR) is 110 cm³/mol. The number of sulfone groups is 1. The molecule has 0 saturated heterocycles. The quantitative estimate of drug-likeness (QED) is 0.594. The van der Waals surface area contributed by atoms with E-state index in [4.69, 9.17) is 4.74 Å². The number of ether oxygens (including phenoxy) is 1. The molecule has 0 aliphatic carbocycles. The highest BCUT2D eigenvalue weighted by atomic mass is 32.2. The standard InChI is InChI=1S/C22H24N2O4S/c1-16-20(29(26,27)18-13-9-6-10-14-18)21(24(23-16)22(2,3)4)28-19(25)15-17-11-7-5-8-12-17/h5-14H,15H2,1-4H3. The van der Waals surface area contributed by atoms with Crippen LogP contribution in [-0.2, 0) is 26.6 Å². The molecule has 0 amide bonds. The molecule has 6 nitrogen and oxygen atoms in total. The first kappa shape index (κ1) is 20.8. The lowest BCUT2D eigenvalue weighted by atomic mass is 10.1. The highest BCUT2D eigenvalue weighted by Crippen LogP contribution is 2.36. The molecule has 152 valence electrons. The number of rotatable bonds is 5. The lowest BCUT2D eigenvalue weighted by Gasteiger charge is -2.22. The van der Waals surface area contributed by atoms with Crippen LogP contribution in [0.4, 0.5) is 0 Å². The summed E-state index contributed by atoms with van der Waals surface area (Å²) in [4.78, 5) is 12.7. The molecule has 0 aliphatic rings. The van der Waals surface area contributed by atoms with Gasteiger partial charge >= 0.3 is 5.97 Å². The van der Waals surface area contributed by atoms with E-state index in [1.807, 2.05) is 51.1 Å². The minimum Gasteiger partial charge on any atom is -0.406 e. The molecule has 0 fully saturated rings. The number of carbonyl (C=O) groups is 1. The lowest BCUT2D eigenvalue weighted by molar-refractivity contribution is -0.134. The van der Waals surface area contributed by atoms with Gasteiger partial charge in [-0.3, -0.25) is 4.79 Å². The van der Waals surface area contributed by atoms with Crippen molar-refractivity contribution in [2.45, 2.75) is 49.4 Å². The van der Waals surface area contributed by atoms with Gasteiger partial charge in [0, 0.05) is 0 Å². The first-order chi connectivity index (χ1) is 13.6. The summed E-state index contributed by atoms with van der Waals surface area (Å²) >= 11 is 0. The van der Waals surface area contributed by atoms with E-state index in [0.717, 1.165) is 5.56 Å². The summed E-state index contributed by atoms with van der Waals surface area (Å²) < 4.78 is 33.7. The topological polar surface area (TPSA) is 78.3 Å². The van der Waals surface area contributed by atoms with E-state index in [9.17, 15) is 13.2 Å². The van der Waals surface area contributed by atoms with Crippen LogP contribution in [0.15, 0.2) is 70.5 Å². The van der Waals surface area contributed by atoms with Crippen molar-refractivity contribution in [3.63, 3.8) is 0 Å². The van der Waals surface area contributed by atoms with Gasteiger partial charge in [0.1, 0.15) is 0 Å². The first-order valence-corrected chi connectivity index (χ1v) is 10.7. The predicted octanol–water partition coefficient (Wildman–Crippen LogP) is 3.93. The number of carbonyl (C=O) groups excluding carboxylic acids is 1. The van der Waals surface area contributed by atoms with Gasteiger partial charge in [-0.15, -0.1) is 0 Å². The fourth-order valence-corrected chi connectivity index (χ4v) is 4.51. The van der Waals surface area contributed by atoms with Gasteiger partial charge in [0.15, 0.2) is 4.90 Å². The lowest BCUT2D eigenvalue weighted by Crippen LogP contribution is -2.26. The summed E-state index contributed by atoms with van der Waals surface area (Å²) in [7, 11) is -3.92. The second-order valence-corrected chi connectivity index (χ2v) is 9.64. The second kappa shape index (κ2) is 7.83. The van der Waals surface area contributed by atoms with E-state index in [1.165, 1.54) is 16.8 Å². The molecule has 3 rings (SSSR count). The minimum atomic E-state index is -3.92. The molecule has 2 aromatic carbocycles. The summed E-state index contributed by atoms with van der Waals surface area (Å²) in [5.41, 5.74) is 0.479. The Bertz CT molecular complexity index is 1110. The fourth-order valence-electron chi connectivity index (χ4n) is 2.97. The summed E-state index contributed by atoms with van der Waals surface area (Å²) in [6, 6.07) is 17.2. The number of esters is 1. The fraction of sp³-hybridized carbons (Fsp3) is 0.273. The van der Waals surface area contributed by atoms with E-state index in [-0.39, 0.29) is 27.8 Å². The van der Waals surface area contributed by atoms with Crippen molar-refractivity contribution in [3.8, 4) is 5.88 Å². The summed E-state index contributed by atoms with van der Waals surface area (Å²) in [6.45, 7) is 7.21. The van der Waals surface area contributed by atoms with Gasteiger partial charge in [-0.2, -0.15) is 5.10 Å². The van der Waals surface area contributed by atoms with Gasteiger partial charge in [-0.1, -0.05) is 48.5 Å². The van der Waals surface area contributed by atoms with Crippen molar-refractivity contribution in [2.75, 3.05) is 0 Å². The van der Waals surface area contributed by atoms with Gasteiger partial charge in [-0.25, -0.2) is 13.1 Å². The van der Waals surface area contributed by atoms with Crippen molar-refractivity contribution in [2.24, 2.45) is 0 Å². The Morgan fingerprint density at radius 1 is 1.00 bits per heavy atom. The zero-order valence-corrected chi connectivity index (χ0v) is 17.7. The molecule has 0 spiro atoms. The van der Waals surface area contributed by atoms with E-state index >= 15 is 0 Å². The maximum Gasteiger partial charge on any atom is 0.317 e. The maximum absolute atomic E-state index is 13.3. The number of aromatic nitrogens is 2. The smallest absolute Gasteiger partial charge is 0.317 e. The highest BCUT2D eigenvalue weighted by Gasteiger charge is 2.34. The second-order valence-electron chi connectivity index (χ2n) is 7.76. The average Bonchev–Trinajstić information content (AvgIpc) is 3.00. The van der Waals surface area contributed by atoms with Crippen LogP contribution in [-0.4, -0.2) is 24.2 Å². The monoisotopic (exact) mass is 412 g/mol. The first-order valence-electron chi connectivity index (χ1n) is 9.25. The molecule has 3 aromatic rings. The third-order valence-corrected chi connectivity index (χ3v) is 6.22. The molecule has 1 heterocycles. The Morgan fingerprint density at radius 2 is 1.55 bits per heavy atom. The van der Waals surface area contributed by atoms with Crippen LogP contribution in [0.25, 0.3) is 0 Å². The normalized spacial score (nSPS) is 12.0. The van der Waals surface area contributed by atoms with Gasteiger partial charge in [-0.05, 0) is 45.4 Å². The SMILES string of the molecule is Cc1nn(C(C)(C)C)c(OC(=O)Cc2ccccc2)c1S(=O)(=O)c1ccccc1.